The molecular weight excluding hydrogens is 290 g/mol. The van der Waals surface area contributed by atoms with Crippen LogP contribution in [0, 0.1) is 0 Å². The molecule has 7 heteroatoms. The van der Waals surface area contributed by atoms with Gasteiger partial charge in [0, 0.05) is 18.0 Å². The van der Waals surface area contributed by atoms with Crippen LogP contribution in [0.2, 0.25) is 0 Å². The molecule has 3 amide bonds. The number of rotatable bonds is 2. The van der Waals surface area contributed by atoms with E-state index in [1.807, 2.05) is 0 Å². The van der Waals surface area contributed by atoms with Crippen molar-refractivity contribution >= 4 is 28.3 Å². The molecule has 1 aromatic rings. The number of nitrogens with two attached hydrogens (primary N) is 1. The van der Waals surface area contributed by atoms with Crippen LogP contribution in [-0.4, -0.2) is 36.5 Å². The number of primary amides is 1. The highest BCUT2D eigenvalue weighted by Gasteiger charge is 2.26. The number of hydrogen-bond acceptors (Lipinski definition) is 4. The first-order chi connectivity index (χ1) is 10.2. The summed E-state index contributed by atoms with van der Waals surface area (Å²) in [6.07, 6.45) is 3.90. The van der Waals surface area contributed by atoms with Gasteiger partial charge >= 0.3 is 6.03 Å². The van der Waals surface area contributed by atoms with Crippen LogP contribution in [-0.2, 0) is 17.8 Å². The lowest BCUT2D eigenvalue weighted by atomic mass is 10.1. The van der Waals surface area contributed by atoms with Crippen LogP contribution in [0.15, 0.2) is 0 Å². The lowest BCUT2D eigenvalue weighted by Gasteiger charge is -2.26. The van der Waals surface area contributed by atoms with E-state index >= 15 is 0 Å². The lowest BCUT2D eigenvalue weighted by Crippen LogP contribution is -2.38. The number of carbonyl (C=O) groups excluding carboxylic acids is 2. The minimum atomic E-state index is -0.483. The average Bonchev–Trinajstić information content (AvgIpc) is 2.86. The van der Waals surface area contributed by atoms with Crippen LogP contribution in [0.3, 0.4) is 0 Å². The summed E-state index contributed by atoms with van der Waals surface area (Å²) in [5.74, 6) is -0.483. The fourth-order valence-electron chi connectivity index (χ4n) is 2.85. The monoisotopic (exact) mass is 309 g/mol. The fourth-order valence-corrected chi connectivity index (χ4v) is 4.03. The molecular formula is C14H19N3O3S. The van der Waals surface area contributed by atoms with Crippen molar-refractivity contribution in [1.82, 2.24) is 4.90 Å². The van der Waals surface area contributed by atoms with Crippen molar-refractivity contribution in [2.75, 3.05) is 25.0 Å². The number of hydrogen-bond donors (Lipinski definition) is 2. The number of carbonyl (C=O) groups is 2. The number of piperidine rings is 1. The van der Waals surface area contributed by atoms with Gasteiger partial charge in [-0.1, -0.05) is 0 Å². The van der Waals surface area contributed by atoms with E-state index in [1.165, 1.54) is 17.8 Å². The zero-order valence-corrected chi connectivity index (χ0v) is 12.6. The number of nitrogens with zero attached hydrogens (tertiary/aromatic N) is 1. The Kier molecular flexibility index (Phi) is 4.12. The highest BCUT2D eigenvalue weighted by molar-refractivity contribution is 7.17. The quantitative estimate of drug-likeness (QED) is 0.875. The number of nitrogens with one attached hydrogen (secondary N) is 1. The molecule has 0 radical (unpaired) electrons. The van der Waals surface area contributed by atoms with Crippen molar-refractivity contribution in [2.45, 2.75) is 32.3 Å². The molecule has 0 aromatic carbocycles. The summed E-state index contributed by atoms with van der Waals surface area (Å²) in [4.78, 5) is 26.8. The zero-order valence-electron chi connectivity index (χ0n) is 11.8. The molecule has 1 saturated heterocycles. The molecule has 3 rings (SSSR count). The van der Waals surface area contributed by atoms with Gasteiger partial charge < -0.3 is 15.4 Å². The molecule has 3 N–H and O–H groups in total. The summed E-state index contributed by atoms with van der Waals surface area (Å²) in [6.45, 7) is 2.61. The van der Waals surface area contributed by atoms with Crippen molar-refractivity contribution in [3.8, 4) is 0 Å². The molecule has 1 aromatic heterocycles. The molecule has 2 aliphatic heterocycles. The molecule has 6 nitrogen and oxygen atoms in total. The Morgan fingerprint density at radius 3 is 2.71 bits per heavy atom. The second-order valence-corrected chi connectivity index (χ2v) is 6.46. The second kappa shape index (κ2) is 6.03. The van der Waals surface area contributed by atoms with Gasteiger partial charge in [0.2, 0.25) is 0 Å². The number of urea groups is 1. The molecule has 0 aliphatic carbocycles. The summed E-state index contributed by atoms with van der Waals surface area (Å²) in [5.41, 5.74) is 6.90. The Balaban J connectivity index is 1.82. The van der Waals surface area contributed by atoms with E-state index in [0.717, 1.165) is 36.4 Å². The Bertz CT molecular complexity index is 564. The summed E-state index contributed by atoms with van der Waals surface area (Å²) in [7, 11) is 0. The maximum atomic E-state index is 12.3. The molecule has 21 heavy (non-hydrogen) atoms. The Hall–Kier alpha value is -1.60. The first-order valence-electron chi connectivity index (χ1n) is 7.25. The third-order valence-corrected chi connectivity index (χ3v) is 5.05. The minimum Gasteiger partial charge on any atom is -0.376 e. The highest BCUT2D eigenvalue weighted by atomic mass is 32.1. The number of likely N-dealkylation sites (tertiary alicyclic amines) is 1. The summed E-state index contributed by atoms with van der Waals surface area (Å²) in [5, 5.41) is 3.43. The van der Waals surface area contributed by atoms with Gasteiger partial charge in [-0.05, 0) is 31.2 Å². The van der Waals surface area contributed by atoms with Crippen molar-refractivity contribution in [3.63, 3.8) is 0 Å². The maximum absolute atomic E-state index is 12.3. The van der Waals surface area contributed by atoms with Gasteiger partial charge in [-0.2, -0.15) is 0 Å². The van der Waals surface area contributed by atoms with Crippen LogP contribution >= 0.6 is 11.3 Å². The van der Waals surface area contributed by atoms with E-state index in [1.54, 1.807) is 4.90 Å². The van der Waals surface area contributed by atoms with E-state index in [0.29, 0.717) is 30.2 Å². The highest BCUT2D eigenvalue weighted by Crippen LogP contribution is 2.36. The SMILES string of the molecule is NC(=O)c1c(NC(=O)N2CCCCC2)sc2c1CCOC2. The first-order valence-corrected chi connectivity index (χ1v) is 8.06. The third kappa shape index (κ3) is 2.89. The lowest BCUT2D eigenvalue weighted by molar-refractivity contribution is 0.0991. The molecule has 2 aliphatic rings. The minimum absolute atomic E-state index is 0.142. The smallest absolute Gasteiger partial charge is 0.322 e. The number of amides is 3. The van der Waals surface area contributed by atoms with Gasteiger partial charge in [0.05, 0.1) is 18.8 Å². The standard InChI is InChI=1S/C14H19N3O3S/c15-12(18)11-9-4-7-20-8-10(9)21-13(11)16-14(19)17-5-2-1-3-6-17/h1-8H2,(H2,15,18)(H,16,19). The van der Waals surface area contributed by atoms with Gasteiger partial charge in [0.1, 0.15) is 5.00 Å². The van der Waals surface area contributed by atoms with E-state index < -0.39 is 5.91 Å². The number of thiophene rings is 1. The Morgan fingerprint density at radius 1 is 1.24 bits per heavy atom. The van der Waals surface area contributed by atoms with Crippen molar-refractivity contribution in [1.29, 1.82) is 0 Å². The number of ether oxygens (including phenoxy) is 1. The van der Waals surface area contributed by atoms with Gasteiger partial charge in [-0.25, -0.2) is 4.79 Å². The number of anilines is 1. The fraction of sp³-hybridized carbons (Fsp3) is 0.571. The van der Waals surface area contributed by atoms with Gasteiger partial charge in [0.15, 0.2) is 0 Å². The molecule has 0 spiro atoms. The predicted molar refractivity (Wildman–Crippen MR) is 80.6 cm³/mol. The van der Waals surface area contributed by atoms with E-state index in [2.05, 4.69) is 5.32 Å². The topological polar surface area (TPSA) is 84.7 Å². The third-order valence-electron chi connectivity index (χ3n) is 3.93. The van der Waals surface area contributed by atoms with Crippen molar-refractivity contribution < 1.29 is 14.3 Å². The average molecular weight is 309 g/mol. The maximum Gasteiger partial charge on any atom is 0.322 e. The first kappa shape index (κ1) is 14.3. The van der Waals surface area contributed by atoms with Crippen molar-refractivity contribution in [3.05, 3.63) is 16.0 Å². The van der Waals surface area contributed by atoms with Gasteiger partial charge in [-0.15, -0.1) is 11.3 Å². The summed E-state index contributed by atoms with van der Waals surface area (Å²) < 4.78 is 5.40. The molecule has 114 valence electrons. The van der Waals surface area contributed by atoms with Crippen LogP contribution in [0.4, 0.5) is 9.80 Å². The summed E-state index contributed by atoms with van der Waals surface area (Å²) >= 11 is 1.40. The predicted octanol–water partition coefficient (Wildman–Crippen LogP) is 1.94. The molecule has 0 atom stereocenters. The molecule has 0 saturated carbocycles. The van der Waals surface area contributed by atoms with Crippen LogP contribution in [0.5, 0.6) is 0 Å². The van der Waals surface area contributed by atoms with E-state index in [4.69, 9.17) is 10.5 Å². The van der Waals surface area contributed by atoms with Crippen molar-refractivity contribution in [2.24, 2.45) is 5.73 Å². The normalized spacial score (nSPS) is 18.2. The number of fused-ring (bicyclic) bond motifs is 1. The Labute approximate surface area is 127 Å². The van der Waals surface area contributed by atoms with E-state index in [9.17, 15) is 9.59 Å². The van der Waals surface area contributed by atoms with Crippen LogP contribution in [0.25, 0.3) is 0 Å². The molecule has 3 heterocycles. The van der Waals surface area contributed by atoms with Crippen LogP contribution < -0.4 is 11.1 Å². The summed E-state index contributed by atoms with van der Waals surface area (Å²) in [6, 6.07) is -0.142. The van der Waals surface area contributed by atoms with Gasteiger partial charge in [-0.3, -0.25) is 10.1 Å². The Morgan fingerprint density at radius 2 is 2.00 bits per heavy atom. The largest absolute Gasteiger partial charge is 0.376 e. The van der Waals surface area contributed by atoms with E-state index in [-0.39, 0.29) is 6.03 Å². The molecule has 1 fully saturated rings. The second-order valence-electron chi connectivity index (χ2n) is 5.35. The molecule has 0 bridgehead atoms. The van der Waals surface area contributed by atoms with Gasteiger partial charge in [0.25, 0.3) is 5.91 Å². The zero-order chi connectivity index (χ0) is 14.8. The van der Waals surface area contributed by atoms with Crippen LogP contribution in [0.1, 0.15) is 40.1 Å². The molecule has 0 unspecified atom stereocenters.